The van der Waals surface area contributed by atoms with Crippen LogP contribution in [0.15, 0.2) is 0 Å². The van der Waals surface area contributed by atoms with Crippen molar-refractivity contribution in [3.05, 3.63) is 61.3 Å². The van der Waals surface area contributed by atoms with Crippen LogP contribution in [0.1, 0.15) is 0 Å². The third kappa shape index (κ3) is 1460. The summed E-state index contributed by atoms with van der Waals surface area (Å²) in [6.45, 7) is 0. The second-order valence-corrected chi connectivity index (χ2v) is 1.30. The fourth-order valence-electron chi connectivity index (χ4n) is 0. The molecular formula is CH4CaMgN6O13. The molecule has 0 saturated carbocycles. The van der Waals surface area contributed by atoms with Gasteiger partial charge >= 0.3 is 66.8 Å². The molecule has 0 aromatic rings. The molecule has 0 rings (SSSR count). The van der Waals surface area contributed by atoms with Gasteiger partial charge in [0.1, 0.15) is 0 Å². The van der Waals surface area contributed by atoms with Crippen molar-refractivity contribution in [3.8, 4) is 0 Å². The second-order valence-electron chi connectivity index (χ2n) is 1.30. The van der Waals surface area contributed by atoms with Crippen LogP contribution in [0.4, 0.5) is 4.79 Å². The summed E-state index contributed by atoms with van der Waals surface area (Å²) in [5.41, 5.74) is 8.50. The first-order chi connectivity index (χ1) is 8.66. The van der Waals surface area contributed by atoms with Gasteiger partial charge < -0.3 is 72.8 Å². The maximum Gasteiger partial charge on any atom is 2.00 e. The average Bonchev–Trinajstić information content (AvgIpc) is 1.94. The predicted molar refractivity (Wildman–Crippen MR) is 66.7 cm³/mol. The van der Waals surface area contributed by atoms with Gasteiger partial charge in [0.2, 0.25) is 0 Å². The summed E-state index contributed by atoms with van der Waals surface area (Å²) in [6, 6.07) is -0.833. The van der Waals surface area contributed by atoms with Crippen LogP contribution in [0.3, 0.4) is 0 Å². The van der Waals surface area contributed by atoms with E-state index in [0.29, 0.717) is 0 Å². The quantitative estimate of drug-likeness (QED) is 0.248. The van der Waals surface area contributed by atoms with Gasteiger partial charge in [-0.1, -0.05) is 0 Å². The van der Waals surface area contributed by atoms with E-state index in [1.165, 1.54) is 0 Å². The Morgan fingerprint density at radius 2 is 0.591 bits per heavy atom. The van der Waals surface area contributed by atoms with Crippen molar-refractivity contribution in [2.24, 2.45) is 11.5 Å². The molecule has 0 heterocycles. The molecule has 0 saturated heterocycles. The molecule has 120 valence electrons. The van der Waals surface area contributed by atoms with Gasteiger partial charge in [-0.3, -0.25) is 0 Å². The van der Waals surface area contributed by atoms with E-state index in [1.54, 1.807) is 0 Å². The van der Waals surface area contributed by atoms with Crippen molar-refractivity contribution in [1.82, 2.24) is 0 Å². The van der Waals surface area contributed by atoms with Gasteiger partial charge in [-0.2, -0.15) is 0 Å². The molecule has 0 aliphatic heterocycles. The fraction of sp³-hybridized carbons (Fsp3) is 0. The van der Waals surface area contributed by atoms with Gasteiger partial charge in [0.25, 0.3) is 0 Å². The number of urea groups is 1. The van der Waals surface area contributed by atoms with Gasteiger partial charge in [0.05, 0.1) is 20.3 Å². The molecule has 0 spiro atoms. The molecule has 0 aliphatic rings. The minimum absolute atomic E-state index is 0. The van der Waals surface area contributed by atoms with Gasteiger partial charge in [-0.25, -0.2) is 4.79 Å². The van der Waals surface area contributed by atoms with Gasteiger partial charge in [-0.15, -0.1) is 0 Å². The zero-order valence-electron chi connectivity index (χ0n) is 10.2. The first kappa shape index (κ1) is 42.7. The SMILES string of the molecule is NC(N)=O.O=[N+]([O-])[O-].O=[N+]([O-])[O-].O=[N+]([O-])[O-].O=[N+]([O-])[O-].[Ca+2].[Mg+2]. The molecule has 0 unspecified atom stereocenters. The monoisotopic (exact) mass is 372 g/mol. The Kier molecular flexibility index (Phi) is 70.8. The number of primary amides is 2. The number of nitrogens with zero attached hydrogens (tertiary/aromatic N) is 4. The molecule has 0 bridgehead atoms. The largest absolute Gasteiger partial charge is 2.00 e. The molecule has 0 aromatic heterocycles. The normalized spacial score (nSPS) is 5.45. The third-order valence-electron chi connectivity index (χ3n) is 0. The summed E-state index contributed by atoms with van der Waals surface area (Å²) in [5, 5.41) is 59.0. The first-order valence-electron chi connectivity index (χ1n) is 2.97. The molecule has 22 heavy (non-hydrogen) atoms. The van der Waals surface area contributed by atoms with E-state index in [4.69, 9.17) is 66.1 Å². The molecule has 0 radical (unpaired) electrons. The van der Waals surface area contributed by atoms with E-state index >= 15 is 0 Å². The first-order valence-corrected chi connectivity index (χ1v) is 2.97. The zero-order chi connectivity index (χ0) is 17.9. The minimum atomic E-state index is -1.75. The van der Waals surface area contributed by atoms with E-state index in [9.17, 15) is 0 Å². The van der Waals surface area contributed by atoms with Crippen LogP contribution < -0.4 is 11.5 Å². The number of carbonyl (C=O) groups is 1. The van der Waals surface area contributed by atoms with E-state index in [0.717, 1.165) is 0 Å². The summed E-state index contributed by atoms with van der Waals surface area (Å²) < 4.78 is 0. The van der Waals surface area contributed by atoms with E-state index < -0.39 is 26.4 Å². The molecule has 21 heteroatoms. The van der Waals surface area contributed by atoms with Crippen LogP contribution in [-0.4, -0.2) is 87.2 Å². The number of hydrogen-bond donors (Lipinski definition) is 2. The summed E-state index contributed by atoms with van der Waals surface area (Å²) in [7, 11) is 0. The number of nitrogens with two attached hydrogens (primary N) is 2. The number of carbonyl (C=O) groups excluding carboxylic acids is 1. The van der Waals surface area contributed by atoms with Gasteiger partial charge in [0, 0.05) is 0 Å². The van der Waals surface area contributed by atoms with Crippen LogP contribution >= 0.6 is 0 Å². The molecule has 0 atom stereocenters. The molecule has 19 nitrogen and oxygen atoms in total. The molecular weight excluding hydrogens is 368 g/mol. The molecule has 2 amide bonds. The summed E-state index contributed by atoms with van der Waals surface area (Å²) >= 11 is 0. The summed E-state index contributed by atoms with van der Waals surface area (Å²) in [4.78, 5) is 42.0. The van der Waals surface area contributed by atoms with Crippen LogP contribution in [-0.2, 0) is 0 Å². The van der Waals surface area contributed by atoms with Crippen LogP contribution in [0.2, 0.25) is 0 Å². The third-order valence-corrected chi connectivity index (χ3v) is 0. The Labute approximate surface area is 164 Å². The van der Waals surface area contributed by atoms with Gasteiger partial charge in [0.15, 0.2) is 0 Å². The van der Waals surface area contributed by atoms with E-state index in [1.807, 2.05) is 0 Å². The van der Waals surface area contributed by atoms with E-state index in [-0.39, 0.29) is 60.8 Å². The molecule has 0 fully saturated rings. The Morgan fingerprint density at radius 1 is 0.591 bits per heavy atom. The zero-order valence-corrected chi connectivity index (χ0v) is 13.8. The fourth-order valence-corrected chi connectivity index (χ4v) is 0. The van der Waals surface area contributed by atoms with Crippen LogP contribution in [0, 0.1) is 61.3 Å². The number of amides is 2. The maximum absolute atomic E-state index is 9.00. The number of hydrogen-bond acceptors (Lipinski definition) is 13. The van der Waals surface area contributed by atoms with Crippen molar-refractivity contribution >= 4 is 66.8 Å². The van der Waals surface area contributed by atoms with Crippen LogP contribution in [0.5, 0.6) is 0 Å². The maximum atomic E-state index is 9.00. The Bertz CT molecular complexity index is 219. The molecule has 4 N–H and O–H groups in total. The summed E-state index contributed by atoms with van der Waals surface area (Å²) in [5.74, 6) is 0. The Balaban J connectivity index is -0.0000000250. The standard InChI is InChI=1S/CH4N2O.Ca.Mg.4NO3/c2-1(3)4;;;4*2-1(3)4/h(H4,2,3,4);;;;;;/q;2*+2;4*-1. The summed E-state index contributed by atoms with van der Waals surface area (Å²) in [6.07, 6.45) is 0. The molecule has 0 aliphatic carbocycles. The van der Waals surface area contributed by atoms with Crippen molar-refractivity contribution < 1.29 is 25.1 Å². The topological polar surface area (TPSA) is 334 Å². The minimum Gasteiger partial charge on any atom is -0.356 e. The van der Waals surface area contributed by atoms with Crippen molar-refractivity contribution in [1.29, 1.82) is 0 Å². The van der Waals surface area contributed by atoms with Crippen molar-refractivity contribution in [2.75, 3.05) is 0 Å². The smallest absolute Gasteiger partial charge is 0.356 e. The van der Waals surface area contributed by atoms with E-state index in [2.05, 4.69) is 11.5 Å². The number of rotatable bonds is 0. The Morgan fingerprint density at radius 3 is 0.591 bits per heavy atom. The average molecular weight is 372 g/mol. The Hall–Kier alpha value is -1.90. The van der Waals surface area contributed by atoms with Crippen LogP contribution in [0.25, 0.3) is 0 Å². The predicted octanol–water partition coefficient (Wildman–Crippen LogP) is -2.69. The second kappa shape index (κ2) is 36.5. The van der Waals surface area contributed by atoms with Crippen molar-refractivity contribution in [2.45, 2.75) is 0 Å². The van der Waals surface area contributed by atoms with Crippen molar-refractivity contribution in [3.63, 3.8) is 0 Å². The van der Waals surface area contributed by atoms with Gasteiger partial charge in [-0.05, 0) is 0 Å². The molecule has 0 aromatic carbocycles.